The summed E-state index contributed by atoms with van der Waals surface area (Å²) in [6.07, 6.45) is 2.09. The zero-order chi connectivity index (χ0) is 20.8. The van der Waals surface area contributed by atoms with Gasteiger partial charge in [0.25, 0.3) is 0 Å². The van der Waals surface area contributed by atoms with Crippen molar-refractivity contribution in [3.8, 4) is 5.75 Å². The van der Waals surface area contributed by atoms with Crippen molar-refractivity contribution in [1.29, 1.82) is 0 Å². The standard InChI is InChI=1S/C21H20ClFN2O4/c1-28-21(27)18(10-13-12-24-17-5-3-2-4-15(13)17)25-20(26)8-9-29-19-7-6-14(23)11-16(19)22/h2-7,11-12,18,24H,8-10H2,1H3,(H,25,26)/t18-/m1/s1. The van der Waals surface area contributed by atoms with Gasteiger partial charge in [0.15, 0.2) is 0 Å². The van der Waals surface area contributed by atoms with Crippen molar-refractivity contribution >= 4 is 34.4 Å². The van der Waals surface area contributed by atoms with Gasteiger partial charge in [-0.2, -0.15) is 0 Å². The molecule has 0 unspecified atom stereocenters. The highest BCUT2D eigenvalue weighted by atomic mass is 35.5. The molecule has 2 N–H and O–H groups in total. The highest BCUT2D eigenvalue weighted by Crippen LogP contribution is 2.25. The summed E-state index contributed by atoms with van der Waals surface area (Å²) >= 11 is 5.89. The van der Waals surface area contributed by atoms with E-state index in [-0.39, 0.29) is 36.1 Å². The van der Waals surface area contributed by atoms with Crippen LogP contribution in [0.25, 0.3) is 10.9 Å². The van der Waals surface area contributed by atoms with Gasteiger partial charge in [0.2, 0.25) is 5.91 Å². The first-order valence-corrected chi connectivity index (χ1v) is 9.35. The van der Waals surface area contributed by atoms with Crippen LogP contribution in [-0.2, 0) is 20.7 Å². The number of amides is 1. The molecule has 0 saturated heterocycles. The topological polar surface area (TPSA) is 80.4 Å². The third kappa shape index (κ3) is 5.26. The number of carbonyl (C=O) groups excluding carboxylic acids is 2. The van der Waals surface area contributed by atoms with E-state index >= 15 is 0 Å². The summed E-state index contributed by atoms with van der Waals surface area (Å²) in [6.45, 7) is 0.0260. The van der Waals surface area contributed by atoms with Crippen LogP contribution < -0.4 is 10.1 Å². The molecule has 2 aromatic carbocycles. The zero-order valence-corrected chi connectivity index (χ0v) is 16.5. The average Bonchev–Trinajstić information content (AvgIpc) is 3.11. The van der Waals surface area contributed by atoms with Crippen LogP contribution in [0, 0.1) is 5.82 Å². The predicted molar refractivity (Wildman–Crippen MR) is 107 cm³/mol. The number of methoxy groups -OCH3 is 1. The molecule has 0 saturated carbocycles. The van der Waals surface area contributed by atoms with E-state index in [4.69, 9.17) is 21.1 Å². The minimum atomic E-state index is -0.832. The number of hydrogen-bond acceptors (Lipinski definition) is 4. The van der Waals surface area contributed by atoms with Gasteiger partial charge in [-0.25, -0.2) is 9.18 Å². The average molecular weight is 419 g/mol. The second-order valence-electron chi connectivity index (χ2n) is 6.38. The van der Waals surface area contributed by atoms with Gasteiger partial charge in [-0.3, -0.25) is 4.79 Å². The maximum atomic E-state index is 13.1. The summed E-state index contributed by atoms with van der Waals surface area (Å²) in [5.74, 6) is -1.10. The Morgan fingerprint density at radius 2 is 2.03 bits per heavy atom. The van der Waals surface area contributed by atoms with E-state index in [1.165, 1.54) is 19.2 Å². The second-order valence-corrected chi connectivity index (χ2v) is 6.79. The molecule has 1 aromatic heterocycles. The van der Waals surface area contributed by atoms with Crippen molar-refractivity contribution in [2.75, 3.05) is 13.7 Å². The first-order valence-electron chi connectivity index (χ1n) is 8.98. The molecule has 1 atom stereocenters. The molecule has 0 radical (unpaired) electrons. The zero-order valence-electron chi connectivity index (χ0n) is 15.7. The van der Waals surface area contributed by atoms with Gasteiger partial charge in [-0.1, -0.05) is 29.8 Å². The number of halogens is 2. The second kappa shape index (κ2) is 9.43. The number of aromatic amines is 1. The van der Waals surface area contributed by atoms with Crippen LogP contribution in [0.1, 0.15) is 12.0 Å². The summed E-state index contributed by atoms with van der Waals surface area (Å²) in [6, 6.07) is 10.6. The highest BCUT2D eigenvalue weighted by molar-refractivity contribution is 6.32. The fourth-order valence-corrected chi connectivity index (χ4v) is 3.19. The van der Waals surface area contributed by atoms with Gasteiger partial charge in [0.05, 0.1) is 25.2 Å². The molecule has 1 heterocycles. The highest BCUT2D eigenvalue weighted by Gasteiger charge is 2.23. The molecule has 152 valence electrons. The van der Waals surface area contributed by atoms with Crippen LogP contribution in [0.2, 0.25) is 5.02 Å². The Balaban J connectivity index is 1.59. The summed E-state index contributed by atoms with van der Waals surface area (Å²) in [5.41, 5.74) is 1.84. The lowest BCUT2D eigenvalue weighted by Gasteiger charge is -2.16. The van der Waals surface area contributed by atoms with Gasteiger partial charge < -0.3 is 19.8 Å². The Kier molecular flexibility index (Phi) is 6.72. The molecule has 1 amide bonds. The Bertz CT molecular complexity index is 1020. The third-order valence-corrected chi connectivity index (χ3v) is 4.70. The number of aromatic nitrogens is 1. The molecule has 0 spiro atoms. The van der Waals surface area contributed by atoms with Crippen molar-refractivity contribution in [1.82, 2.24) is 10.3 Å². The smallest absolute Gasteiger partial charge is 0.328 e. The molecule has 3 rings (SSSR count). The number of para-hydroxylation sites is 1. The molecule has 0 aliphatic carbocycles. The van der Waals surface area contributed by atoms with Crippen molar-refractivity contribution < 1.29 is 23.5 Å². The third-order valence-electron chi connectivity index (χ3n) is 4.40. The number of H-pyrrole nitrogens is 1. The number of esters is 1. The van der Waals surface area contributed by atoms with E-state index < -0.39 is 17.8 Å². The Morgan fingerprint density at radius 3 is 2.79 bits per heavy atom. The van der Waals surface area contributed by atoms with E-state index in [0.29, 0.717) is 0 Å². The van der Waals surface area contributed by atoms with Gasteiger partial charge in [-0.15, -0.1) is 0 Å². The minimum Gasteiger partial charge on any atom is -0.491 e. The van der Waals surface area contributed by atoms with E-state index in [2.05, 4.69) is 10.3 Å². The molecule has 6 nitrogen and oxygen atoms in total. The molecular formula is C21H20ClFN2O4. The number of fused-ring (bicyclic) bond motifs is 1. The number of ether oxygens (including phenoxy) is 2. The van der Waals surface area contributed by atoms with Crippen LogP contribution in [0.15, 0.2) is 48.7 Å². The van der Waals surface area contributed by atoms with Crippen LogP contribution in [0.5, 0.6) is 5.75 Å². The first kappa shape index (κ1) is 20.7. The monoisotopic (exact) mass is 418 g/mol. The van der Waals surface area contributed by atoms with Crippen molar-refractivity contribution in [2.24, 2.45) is 0 Å². The summed E-state index contributed by atoms with van der Waals surface area (Å²) in [5, 5.41) is 3.78. The number of carbonyl (C=O) groups is 2. The molecule has 29 heavy (non-hydrogen) atoms. The Hall–Kier alpha value is -3.06. The number of rotatable bonds is 8. The van der Waals surface area contributed by atoms with Crippen LogP contribution in [0.3, 0.4) is 0 Å². The molecular weight excluding hydrogens is 399 g/mol. The van der Waals surface area contributed by atoms with Crippen LogP contribution >= 0.6 is 11.6 Å². The molecule has 0 aliphatic rings. The van der Waals surface area contributed by atoms with Crippen LogP contribution in [-0.4, -0.2) is 36.6 Å². The van der Waals surface area contributed by atoms with Crippen molar-refractivity contribution in [3.05, 3.63) is 65.1 Å². The summed E-state index contributed by atoms with van der Waals surface area (Å²) in [7, 11) is 1.27. The fourth-order valence-electron chi connectivity index (χ4n) is 2.97. The Labute approximate surface area is 172 Å². The predicted octanol–water partition coefficient (Wildman–Crippen LogP) is 3.63. The normalized spacial score (nSPS) is 11.8. The molecule has 0 fully saturated rings. The lowest BCUT2D eigenvalue weighted by Crippen LogP contribution is -2.43. The van der Waals surface area contributed by atoms with Gasteiger partial charge >= 0.3 is 5.97 Å². The Morgan fingerprint density at radius 1 is 1.24 bits per heavy atom. The number of benzene rings is 2. The summed E-state index contributed by atoms with van der Waals surface area (Å²) in [4.78, 5) is 27.6. The van der Waals surface area contributed by atoms with E-state index in [1.54, 1.807) is 0 Å². The maximum Gasteiger partial charge on any atom is 0.328 e. The lowest BCUT2D eigenvalue weighted by atomic mass is 10.0. The molecule has 3 aromatic rings. The fraction of sp³-hybridized carbons (Fsp3) is 0.238. The largest absolute Gasteiger partial charge is 0.491 e. The number of hydrogen-bond donors (Lipinski definition) is 2. The molecule has 0 aliphatic heterocycles. The quantitative estimate of drug-likeness (QED) is 0.547. The van der Waals surface area contributed by atoms with Crippen molar-refractivity contribution in [2.45, 2.75) is 18.9 Å². The lowest BCUT2D eigenvalue weighted by molar-refractivity contribution is -0.145. The number of nitrogens with one attached hydrogen (secondary N) is 2. The maximum absolute atomic E-state index is 13.1. The summed E-state index contributed by atoms with van der Waals surface area (Å²) < 4.78 is 23.3. The van der Waals surface area contributed by atoms with Crippen molar-refractivity contribution in [3.63, 3.8) is 0 Å². The SMILES string of the molecule is COC(=O)[C@@H](Cc1c[nH]c2ccccc12)NC(=O)CCOc1ccc(F)cc1Cl. The molecule has 8 heteroatoms. The van der Waals surface area contributed by atoms with Gasteiger partial charge in [0.1, 0.15) is 17.6 Å². The van der Waals surface area contributed by atoms with E-state index in [0.717, 1.165) is 22.5 Å². The van der Waals surface area contributed by atoms with E-state index in [9.17, 15) is 14.0 Å². The van der Waals surface area contributed by atoms with Gasteiger partial charge in [0, 0.05) is 23.5 Å². The van der Waals surface area contributed by atoms with Crippen LogP contribution in [0.4, 0.5) is 4.39 Å². The van der Waals surface area contributed by atoms with E-state index in [1.807, 2.05) is 30.5 Å². The van der Waals surface area contributed by atoms with Gasteiger partial charge in [-0.05, 0) is 29.8 Å². The molecule has 0 bridgehead atoms. The minimum absolute atomic E-state index is 0.00488. The first-order chi connectivity index (χ1) is 14.0.